The van der Waals surface area contributed by atoms with Gasteiger partial charge >= 0.3 is 0 Å². The Kier molecular flexibility index (Phi) is 5.78. The number of carbonyl (C=O) groups is 2. The van der Waals surface area contributed by atoms with E-state index in [2.05, 4.69) is 5.32 Å². The molecule has 0 aliphatic heterocycles. The number of rotatable bonds is 5. The SMILES string of the molecule is O=C([O-])[C@H]1CCCC[C@H]1C(=O)Nc1ccc(Oc2ccc(Cl)cc2)cc1. The smallest absolute Gasteiger partial charge is 0.228 e. The molecule has 0 radical (unpaired) electrons. The van der Waals surface area contributed by atoms with Gasteiger partial charge in [-0.05, 0) is 61.4 Å². The van der Waals surface area contributed by atoms with Crippen LogP contribution in [0.5, 0.6) is 11.5 Å². The number of carboxylic acids is 1. The lowest BCUT2D eigenvalue weighted by Crippen LogP contribution is -2.42. The molecule has 0 saturated heterocycles. The largest absolute Gasteiger partial charge is 0.550 e. The second kappa shape index (κ2) is 8.23. The molecule has 26 heavy (non-hydrogen) atoms. The van der Waals surface area contributed by atoms with Crippen LogP contribution < -0.4 is 15.2 Å². The number of aliphatic carboxylic acids is 1. The minimum Gasteiger partial charge on any atom is -0.550 e. The zero-order valence-electron chi connectivity index (χ0n) is 14.1. The van der Waals surface area contributed by atoms with Crippen LogP contribution >= 0.6 is 11.6 Å². The van der Waals surface area contributed by atoms with Crippen LogP contribution in [0.1, 0.15) is 25.7 Å². The van der Waals surface area contributed by atoms with Crippen LogP contribution in [0.4, 0.5) is 5.69 Å². The Labute approximate surface area is 156 Å². The van der Waals surface area contributed by atoms with Crippen molar-refractivity contribution in [2.75, 3.05) is 5.32 Å². The molecule has 2 aromatic carbocycles. The Bertz CT molecular complexity index is 773. The van der Waals surface area contributed by atoms with E-state index in [1.165, 1.54) is 0 Å². The number of halogens is 1. The van der Waals surface area contributed by atoms with Crippen molar-refractivity contribution in [2.24, 2.45) is 11.8 Å². The van der Waals surface area contributed by atoms with E-state index in [9.17, 15) is 14.7 Å². The number of benzene rings is 2. The topological polar surface area (TPSA) is 78.5 Å². The first-order valence-electron chi connectivity index (χ1n) is 8.58. The summed E-state index contributed by atoms with van der Waals surface area (Å²) in [6.45, 7) is 0. The third-order valence-electron chi connectivity index (χ3n) is 4.58. The van der Waals surface area contributed by atoms with E-state index in [-0.39, 0.29) is 5.91 Å². The Hall–Kier alpha value is -2.53. The van der Waals surface area contributed by atoms with Crippen LogP contribution in [0.3, 0.4) is 0 Å². The maximum absolute atomic E-state index is 12.4. The van der Waals surface area contributed by atoms with Gasteiger partial charge in [0.05, 0.1) is 0 Å². The molecule has 0 heterocycles. The van der Waals surface area contributed by atoms with E-state index < -0.39 is 17.8 Å². The Morgan fingerprint density at radius 1 is 0.923 bits per heavy atom. The number of ether oxygens (including phenoxy) is 1. The van der Waals surface area contributed by atoms with Crippen molar-refractivity contribution in [3.05, 3.63) is 53.6 Å². The molecule has 1 aliphatic carbocycles. The van der Waals surface area contributed by atoms with E-state index in [4.69, 9.17) is 16.3 Å². The van der Waals surface area contributed by atoms with Gasteiger partial charge in [0.1, 0.15) is 11.5 Å². The van der Waals surface area contributed by atoms with E-state index in [0.29, 0.717) is 35.1 Å². The first kappa shape index (κ1) is 18.3. The lowest BCUT2D eigenvalue weighted by Gasteiger charge is -2.31. The van der Waals surface area contributed by atoms with Crippen LogP contribution in [-0.4, -0.2) is 11.9 Å². The van der Waals surface area contributed by atoms with Gasteiger partial charge in [-0.3, -0.25) is 4.79 Å². The van der Waals surface area contributed by atoms with E-state index in [0.717, 1.165) is 12.8 Å². The minimum atomic E-state index is -1.14. The van der Waals surface area contributed by atoms with Crippen molar-refractivity contribution in [1.82, 2.24) is 0 Å². The fraction of sp³-hybridized carbons (Fsp3) is 0.300. The molecular formula is C20H19ClNO4-. The van der Waals surface area contributed by atoms with Gasteiger partial charge in [-0.15, -0.1) is 0 Å². The quantitative estimate of drug-likeness (QED) is 0.869. The first-order chi connectivity index (χ1) is 12.5. The molecule has 0 unspecified atom stereocenters. The molecule has 1 amide bonds. The number of hydrogen-bond acceptors (Lipinski definition) is 4. The average molecular weight is 373 g/mol. The lowest BCUT2D eigenvalue weighted by atomic mass is 9.78. The number of anilines is 1. The summed E-state index contributed by atoms with van der Waals surface area (Å²) in [5, 5.41) is 14.7. The zero-order valence-corrected chi connectivity index (χ0v) is 14.9. The Morgan fingerprint density at radius 3 is 2.04 bits per heavy atom. The Balaban J connectivity index is 1.62. The van der Waals surface area contributed by atoms with Crippen molar-refractivity contribution < 1.29 is 19.4 Å². The summed E-state index contributed by atoms with van der Waals surface area (Å²) >= 11 is 5.84. The molecule has 0 aromatic heterocycles. The molecular weight excluding hydrogens is 354 g/mol. The molecule has 1 aliphatic rings. The van der Waals surface area contributed by atoms with Crippen LogP contribution in [0.15, 0.2) is 48.5 Å². The van der Waals surface area contributed by atoms with Crippen LogP contribution in [0.25, 0.3) is 0 Å². The van der Waals surface area contributed by atoms with E-state index >= 15 is 0 Å². The third kappa shape index (κ3) is 4.55. The van der Waals surface area contributed by atoms with Crippen molar-refractivity contribution in [3.8, 4) is 11.5 Å². The minimum absolute atomic E-state index is 0.273. The van der Waals surface area contributed by atoms with Gasteiger partial charge in [0.25, 0.3) is 0 Å². The molecule has 2 atom stereocenters. The number of amides is 1. The van der Waals surface area contributed by atoms with Gasteiger partial charge in [0.2, 0.25) is 5.91 Å². The highest BCUT2D eigenvalue weighted by Crippen LogP contribution is 2.31. The first-order valence-corrected chi connectivity index (χ1v) is 8.96. The summed E-state index contributed by atoms with van der Waals surface area (Å²) in [7, 11) is 0. The van der Waals surface area contributed by atoms with Gasteiger partial charge in [-0.1, -0.05) is 24.4 Å². The van der Waals surface area contributed by atoms with Gasteiger partial charge < -0.3 is 20.0 Å². The fourth-order valence-electron chi connectivity index (χ4n) is 3.21. The maximum atomic E-state index is 12.4. The molecule has 2 aromatic rings. The van der Waals surface area contributed by atoms with Gasteiger partial charge in [0, 0.05) is 28.5 Å². The summed E-state index contributed by atoms with van der Waals surface area (Å²) in [4.78, 5) is 23.7. The molecule has 1 fully saturated rings. The van der Waals surface area contributed by atoms with Crippen LogP contribution in [0.2, 0.25) is 5.02 Å². The van der Waals surface area contributed by atoms with E-state index in [1.807, 2.05) is 0 Å². The highest BCUT2D eigenvalue weighted by molar-refractivity contribution is 6.30. The number of carboxylic acid groups (broad SMARTS) is 1. The second-order valence-corrected chi connectivity index (χ2v) is 6.82. The number of hydrogen-bond donors (Lipinski definition) is 1. The van der Waals surface area contributed by atoms with Crippen LogP contribution in [-0.2, 0) is 9.59 Å². The van der Waals surface area contributed by atoms with Crippen molar-refractivity contribution in [2.45, 2.75) is 25.7 Å². The molecule has 0 spiro atoms. The molecule has 0 bridgehead atoms. The van der Waals surface area contributed by atoms with Gasteiger partial charge in [-0.25, -0.2) is 0 Å². The maximum Gasteiger partial charge on any atom is 0.228 e. The highest BCUT2D eigenvalue weighted by atomic mass is 35.5. The molecule has 1 N–H and O–H groups in total. The van der Waals surface area contributed by atoms with Crippen molar-refractivity contribution >= 4 is 29.2 Å². The number of carbonyl (C=O) groups excluding carboxylic acids is 2. The highest BCUT2D eigenvalue weighted by Gasteiger charge is 2.31. The summed E-state index contributed by atoms with van der Waals surface area (Å²) in [5.41, 5.74) is 0.598. The third-order valence-corrected chi connectivity index (χ3v) is 4.83. The Morgan fingerprint density at radius 2 is 1.46 bits per heavy atom. The van der Waals surface area contributed by atoms with Gasteiger partial charge in [0.15, 0.2) is 0 Å². The van der Waals surface area contributed by atoms with Crippen molar-refractivity contribution in [1.29, 1.82) is 0 Å². The molecule has 6 heteroatoms. The van der Waals surface area contributed by atoms with Gasteiger partial charge in [-0.2, -0.15) is 0 Å². The predicted molar refractivity (Wildman–Crippen MR) is 97.1 cm³/mol. The molecule has 1 saturated carbocycles. The van der Waals surface area contributed by atoms with Crippen molar-refractivity contribution in [3.63, 3.8) is 0 Å². The molecule has 5 nitrogen and oxygen atoms in total. The van der Waals surface area contributed by atoms with E-state index in [1.54, 1.807) is 48.5 Å². The normalized spacial score (nSPS) is 19.6. The summed E-state index contributed by atoms with van der Waals surface area (Å²) in [6.07, 6.45) is 2.74. The fourth-order valence-corrected chi connectivity index (χ4v) is 3.33. The summed E-state index contributed by atoms with van der Waals surface area (Å²) in [6, 6.07) is 13.9. The molecule has 3 rings (SSSR count). The lowest BCUT2D eigenvalue weighted by molar-refractivity contribution is -0.313. The predicted octanol–water partition coefficient (Wildman–Crippen LogP) is 3.63. The second-order valence-electron chi connectivity index (χ2n) is 6.39. The summed E-state index contributed by atoms with van der Waals surface area (Å²) < 4.78 is 5.70. The summed E-state index contributed by atoms with van der Waals surface area (Å²) in [5.74, 6) is -1.39. The standard InChI is InChI=1S/C20H20ClNO4/c21-13-5-9-15(10-6-13)26-16-11-7-14(8-12-16)22-19(23)17-3-1-2-4-18(17)20(24)25/h5-12,17-18H,1-4H2,(H,22,23)(H,24,25)/p-1/t17-,18+/m1/s1. The zero-order chi connectivity index (χ0) is 18.5. The number of nitrogens with one attached hydrogen (secondary N) is 1. The van der Waals surface area contributed by atoms with Crippen LogP contribution in [0, 0.1) is 11.8 Å². The molecule has 136 valence electrons. The monoisotopic (exact) mass is 372 g/mol. The average Bonchev–Trinajstić information content (AvgIpc) is 2.65.